The van der Waals surface area contributed by atoms with Gasteiger partial charge in [-0.2, -0.15) is 0 Å². The Morgan fingerprint density at radius 2 is 2.00 bits per heavy atom. The number of aliphatic hydroxyl groups excluding tert-OH is 1. The van der Waals surface area contributed by atoms with Crippen molar-refractivity contribution in [1.82, 2.24) is 0 Å². The molecule has 0 aromatic heterocycles. The molecule has 3 atom stereocenters. The van der Waals surface area contributed by atoms with Gasteiger partial charge in [0.15, 0.2) is 0 Å². The summed E-state index contributed by atoms with van der Waals surface area (Å²) in [6.45, 7) is 3.25. The lowest BCUT2D eigenvalue weighted by molar-refractivity contribution is -0.0420. The Morgan fingerprint density at radius 1 is 1.21 bits per heavy atom. The molecule has 1 aliphatic heterocycles. The molecule has 0 saturated heterocycles. The van der Waals surface area contributed by atoms with Crippen LogP contribution in [-0.4, -0.2) is 50.9 Å². The van der Waals surface area contributed by atoms with Crippen molar-refractivity contribution in [1.29, 1.82) is 0 Å². The van der Waals surface area contributed by atoms with Crippen LogP contribution in [0.1, 0.15) is 25.3 Å². The summed E-state index contributed by atoms with van der Waals surface area (Å²) in [5, 5.41) is 9.02. The zero-order valence-corrected chi connectivity index (χ0v) is 17.0. The Balaban J connectivity index is 2.00. The van der Waals surface area contributed by atoms with Gasteiger partial charge in [0.1, 0.15) is 11.9 Å². The summed E-state index contributed by atoms with van der Waals surface area (Å²) in [5.41, 5.74) is 2.40. The fraction of sp³-hybridized carbons (Fsp3) is 0.478. The molecule has 1 heterocycles. The van der Waals surface area contributed by atoms with Crippen molar-refractivity contribution < 1.29 is 24.1 Å². The van der Waals surface area contributed by atoms with Crippen LogP contribution in [-0.2, 0) is 20.8 Å². The van der Waals surface area contributed by atoms with Gasteiger partial charge < -0.3 is 24.1 Å². The predicted octanol–water partition coefficient (Wildman–Crippen LogP) is 3.83. The number of hydrogen-bond acceptors (Lipinski definition) is 5. The second-order valence-electron chi connectivity index (χ2n) is 6.80. The standard InChI is InChI=1S/C23H32O5/c1-18-13-15-27-21(16-18)11-12-22(26-3)23(6-4-5-14-24)28-17-19-7-9-20(25-2)10-8-19/h4-5,7-13,21-24H,6,14-17H2,1-3H3/t21-,22+,23+/m1/s1. The summed E-state index contributed by atoms with van der Waals surface area (Å²) in [7, 11) is 3.33. The average Bonchev–Trinajstić information content (AvgIpc) is 2.72. The van der Waals surface area contributed by atoms with Gasteiger partial charge in [-0.3, -0.25) is 0 Å². The molecule has 0 aliphatic carbocycles. The van der Waals surface area contributed by atoms with E-state index in [1.54, 1.807) is 20.3 Å². The largest absolute Gasteiger partial charge is 0.497 e. The monoisotopic (exact) mass is 388 g/mol. The summed E-state index contributed by atoms with van der Waals surface area (Å²) in [4.78, 5) is 0. The van der Waals surface area contributed by atoms with Crippen molar-refractivity contribution in [3.05, 3.63) is 65.8 Å². The second-order valence-corrected chi connectivity index (χ2v) is 6.80. The van der Waals surface area contributed by atoms with E-state index in [1.165, 1.54) is 5.57 Å². The fourth-order valence-electron chi connectivity index (χ4n) is 3.01. The van der Waals surface area contributed by atoms with Crippen molar-refractivity contribution in [2.45, 2.75) is 44.7 Å². The number of rotatable bonds is 11. The molecule has 1 N–H and O–H groups in total. The highest BCUT2D eigenvalue weighted by Gasteiger charge is 2.20. The number of ether oxygens (including phenoxy) is 4. The maximum Gasteiger partial charge on any atom is 0.118 e. The minimum atomic E-state index is -0.212. The van der Waals surface area contributed by atoms with Gasteiger partial charge in [-0.05, 0) is 37.5 Å². The van der Waals surface area contributed by atoms with Crippen molar-refractivity contribution >= 4 is 0 Å². The molecule has 1 aliphatic rings. The van der Waals surface area contributed by atoms with E-state index in [0.717, 1.165) is 17.7 Å². The van der Waals surface area contributed by atoms with Gasteiger partial charge in [-0.15, -0.1) is 0 Å². The Hall–Kier alpha value is -1.92. The number of benzene rings is 1. The van der Waals surface area contributed by atoms with Gasteiger partial charge in [0.05, 0.1) is 39.1 Å². The third kappa shape index (κ3) is 7.60. The van der Waals surface area contributed by atoms with E-state index in [2.05, 4.69) is 19.1 Å². The van der Waals surface area contributed by atoms with E-state index < -0.39 is 0 Å². The first-order valence-electron chi connectivity index (χ1n) is 9.65. The number of aliphatic hydroxyl groups is 1. The van der Waals surface area contributed by atoms with Crippen LogP contribution in [0.3, 0.4) is 0 Å². The van der Waals surface area contributed by atoms with Gasteiger partial charge in [-0.1, -0.05) is 48.1 Å². The smallest absolute Gasteiger partial charge is 0.118 e. The van der Waals surface area contributed by atoms with E-state index in [4.69, 9.17) is 24.1 Å². The lowest BCUT2D eigenvalue weighted by Gasteiger charge is -2.25. The quantitative estimate of drug-likeness (QED) is 0.584. The summed E-state index contributed by atoms with van der Waals surface area (Å²) in [6.07, 6.45) is 11.1. The molecule has 0 fully saturated rings. The summed E-state index contributed by atoms with van der Waals surface area (Å²) >= 11 is 0. The first-order valence-corrected chi connectivity index (χ1v) is 9.65. The van der Waals surface area contributed by atoms with Crippen molar-refractivity contribution in [3.8, 4) is 5.75 Å². The van der Waals surface area contributed by atoms with Gasteiger partial charge in [0.25, 0.3) is 0 Å². The van der Waals surface area contributed by atoms with Crippen LogP contribution in [0.4, 0.5) is 0 Å². The second kappa shape index (κ2) is 12.5. The van der Waals surface area contributed by atoms with Crippen molar-refractivity contribution in [3.63, 3.8) is 0 Å². The fourth-order valence-corrected chi connectivity index (χ4v) is 3.01. The molecule has 5 heteroatoms. The third-order valence-corrected chi connectivity index (χ3v) is 4.68. The Bertz CT molecular complexity index is 647. The van der Waals surface area contributed by atoms with Gasteiger partial charge in [0.2, 0.25) is 0 Å². The van der Waals surface area contributed by atoms with Crippen LogP contribution < -0.4 is 4.74 Å². The van der Waals surface area contributed by atoms with Crippen molar-refractivity contribution in [2.75, 3.05) is 27.4 Å². The summed E-state index contributed by atoms with van der Waals surface area (Å²) < 4.78 is 22.8. The Morgan fingerprint density at radius 3 is 2.64 bits per heavy atom. The van der Waals surface area contributed by atoms with Gasteiger partial charge in [0, 0.05) is 7.11 Å². The Labute approximate surface area is 168 Å². The molecule has 0 spiro atoms. The maximum absolute atomic E-state index is 9.02. The summed E-state index contributed by atoms with van der Waals surface area (Å²) in [5.74, 6) is 0.820. The van der Waals surface area contributed by atoms with Crippen LogP contribution in [0.2, 0.25) is 0 Å². The first kappa shape index (κ1) is 22.4. The average molecular weight is 389 g/mol. The molecule has 5 nitrogen and oxygen atoms in total. The molecule has 0 saturated carbocycles. The number of methoxy groups -OCH3 is 2. The van der Waals surface area contributed by atoms with Crippen LogP contribution in [0.5, 0.6) is 5.75 Å². The van der Waals surface area contributed by atoms with E-state index >= 15 is 0 Å². The molecule has 0 amide bonds. The lowest BCUT2D eigenvalue weighted by Crippen LogP contribution is -2.29. The summed E-state index contributed by atoms with van der Waals surface area (Å²) in [6, 6.07) is 7.82. The minimum Gasteiger partial charge on any atom is -0.497 e. The molecule has 1 aromatic carbocycles. The maximum atomic E-state index is 9.02. The zero-order chi connectivity index (χ0) is 20.2. The highest BCUT2D eigenvalue weighted by molar-refractivity contribution is 5.26. The van der Waals surface area contributed by atoms with Gasteiger partial charge in [-0.25, -0.2) is 0 Å². The predicted molar refractivity (Wildman–Crippen MR) is 110 cm³/mol. The van der Waals surface area contributed by atoms with E-state index in [1.807, 2.05) is 36.4 Å². The molecule has 1 aromatic rings. The molecule has 154 valence electrons. The Kier molecular flexibility index (Phi) is 10.0. The molecular formula is C23H32O5. The van der Waals surface area contributed by atoms with E-state index in [-0.39, 0.29) is 24.9 Å². The van der Waals surface area contributed by atoms with Crippen LogP contribution in [0.25, 0.3) is 0 Å². The zero-order valence-electron chi connectivity index (χ0n) is 17.0. The highest BCUT2D eigenvalue weighted by atomic mass is 16.5. The molecule has 0 bridgehead atoms. The van der Waals surface area contributed by atoms with E-state index in [9.17, 15) is 0 Å². The first-order chi connectivity index (χ1) is 13.7. The third-order valence-electron chi connectivity index (χ3n) is 4.68. The SMILES string of the molecule is COc1ccc(CO[C@@H](CC=CCO)[C@H](C=C[C@@H]2CC(C)=CCO2)OC)cc1. The highest BCUT2D eigenvalue weighted by Crippen LogP contribution is 2.19. The molecule has 0 radical (unpaired) electrons. The lowest BCUT2D eigenvalue weighted by atomic mass is 10.0. The molecule has 0 unspecified atom stereocenters. The van der Waals surface area contributed by atoms with Crippen LogP contribution in [0, 0.1) is 0 Å². The normalized spacial score (nSPS) is 19.7. The van der Waals surface area contributed by atoms with Crippen molar-refractivity contribution in [2.24, 2.45) is 0 Å². The minimum absolute atomic E-state index is 0.0141. The van der Waals surface area contributed by atoms with E-state index in [0.29, 0.717) is 19.6 Å². The van der Waals surface area contributed by atoms with Crippen LogP contribution in [0.15, 0.2) is 60.2 Å². The molecule has 2 rings (SSSR count). The molecular weight excluding hydrogens is 356 g/mol. The van der Waals surface area contributed by atoms with Crippen LogP contribution >= 0.6 is 0 Å². The van der Waals surface area contributed by atoms with Gasteiger partial charge >= 0.3 is 0 Å². The number of hydrogen-bond donors (Lipinski definition) is 1. The topological polar surface area (TPSA) is 57.2 Å². The molecule has 28 heavy (non-hydrogen) atoms.